The molecule has 0 aliphatic heterocycles. The molecule has 1 unspecified atom stereocenters. The van der Waals surface area contributed by atoms with Crippen molar-refractivity contribution in [1.82, 2.24) is 0 Å². The van der Waals surface area contributed by atoms with Gasteiger partial charge < -0.3 is 8.85 Å². The van der Waals surface area contributed by atoms with Crippen LogP contribution in [0.25, 0.3) is 0 Å². The zero-order chi connectivity index (χ0) is 25.8. The van der Waals surface area contributed by atoms with Gasteiger partial charge in [0.05, 0.1) is 0 Å². The van der Waals surface area contributed by atoms with E-state index in [4.69, 9.17) is 8.85 Å². The Balaban J connectivity index is 1.62. The zero-order valence-corrected chi connectivity index (χ0v) is 26.2. The topological polar surface area (TPSA) is 35.5 Å². The molecule has 4 saturated carbocycles. The van der Waals surface area contributed by atoms with E-state index in [2.05, 4.69) is 66.1 Å². The Kier molecular flexibility index (Phi) is 7.79. The molecule has 0 N–H and O–H groups in total. The predicted octanol–water partition coefficient (Wildman–Crippen LogP) is 8.09. The van der Waals surface area contributed by atoms with Gasteiger partial charge in [0, 0.05) is 12.2 Å². The highest BCUT2D eigenvalue weighted by atomic mass is 28.4. The first-order chi connectivity index (χ1) is 16.2. The third-order valence-electron chi connectivity index (χ3n) is 10.8. The summed E-state index contributed by atoms with van der Waals surface area (Å²) in [6.07, 6.45) is 16.1. The SMILES string of the molecule is C[C@H](C=CC=O)[C@H]1CC[C@H]2[C@@H]3C[C@H](O[Si](C)(C)C)C4C[C@H](O[Si](C)(C)C)CC[C@]4(C)[C@H]3CC[C@]12C. The number of rotatable bonds is 7. The molecular formula is C30H54O3Si2. The number of fused-ring (bicyclic) bond motifs is 5. The van der Waals surface area contributed by atoms with Crippen LogP contribution in [0.3, 0.4) is 0 Å². The van der Waals surface area contributed by atoms with Crippen molar-refractivity contribution in [3.05, 3.63) is 12.2 Å². The summed E-state index contributed by atoms with van der Waals surface area (Å²) in [5, 5.41) is 0. The largest absolute Gasteiger partial charge is 0.415 e. The second-order valence-electron chi connectivity index (χ2n) is 15.2. The van der Waals surface area contributed by atoms with Crippen molar-refractivity contribution in [2.24, 2.45) is 46.3 Å². The third kappa shape index (κ3) is 5.49. The van der Waals surface area contributed by atoms with Gasteiger partial charge in [0.25, 0.3) is 0 Å². The molecule has 0 aromatic heterocycles. The Labute approximate surface area is 218 Å². The fourth-order valence-electron chi connectivity index (χ4n) is 9.68. The highest BCUT2D eigenvalue weighted by Gasteiger charge is 2.63. The lowest BCUT2D eigenvalue weighted by atomic mass is 9.44. The van der Waals surface area contributed by atoms with E-state index in [-0.39, 0.29) is 0 Å². The Morgan fingerprint density at radius 1 is 0.800 bits per heavy atom. The van der Waals surface area contributed by atoms with Gasteiger partial charge >= 0.3 is 0 Å². The summed E-state index contributed by atoms with van der Waals surface area (Å²) in [5.74, 6) is 4.26. The number of hydrogen-bond acceptors (Lipinski definition) is 3. The first-order valence-electron chi connectivity index (χ1n) is 14.7. The van der Waals surface area contributed by atoms with Gasteiger partial charge in [-0.2, -0.15) is 0 Å². The summed E-state index contributed by atoms with van der Waals surface area (Å²) >= 11 is 0. The Bertz CT molecular complexity index is 798. The van der Waals surface area contributed by atoms with Gasteiger partial charge in [0.2, 0.25) is 0 Å². The monoisotopic (exact) mass is 518 g/mol. The van der Waals surface area contributed by atoms with Gasteiger partial charge in [0.15, 0.2) is 16.6 Å². The summed E-state index contributed by atoms with van der Waals surface area (Å²) in [5.41, 5.74) is 0.786. The minimum Gasteiger partial charge on any atom is -0.415 e. The maximum atomic E-state index is 11.0. The number of allylic oxidation sites excluding steroid dienone is 2. The summed E-state index contributed by atoms with van der Waals surface area (Å²) in [7, 11) is -3.20. The lowest BCUT2D eigenvalue weighted by molar-refractivity contribution is -0.165. The lowest BCUT2D eigenvalue weighted by Gasteiger charge is -2.63. The van der Waals surface area contributed by atoms with Gasteiger partial charge in [-0.05, 0) is 143 Å². The van der Waals surface area contributed by atoms with E-state index in [0.29, 0.717) is 40.8 Å². The smallest absolute Gasteiger partial charge is 0.184 e. The van der Waals surface area contributed by atoms with Crippen LogP contribution in [-0.4, -0.2) is 35.1 Å². The Morgan fingerprint density at radius 3 is 2.06 bits per heavy atom. The van der Waals surface area contributed by atoms with Crippen LogP contribution >= 0.6 is 0 Å². The molecule has 4 aliphatic carbocycles. The molecule has 0 spiro atoms. The molecule has 0 bridgehead atoms. The van der Waals surface area contributed by atoms with Gasteiger partial charge in [0.1, 0.15) is 6.29 Å². The minimum atomic E-state index is -1.65. The first-order valence-corrected chi connectivity index (χ1v) is 21.5. The average molecular weight is 519 g/mol. The van der Waals surface area contributed by atoms with Gasteiger partial charge in [-0.3, -0.25) is 4.79 Å². The summed E-state index contributed by atoms with van der Waals surface area (Å²) in [6.45, 7) is 21.8. The highest BCUT2D eigenvalue weighted by molar-refractivity contribution is 6.70. The fourth-order valence-corrected chi connectivity index (χ4v) is 12.1. The van der Waals surface area contributed by atoms with E-state index in [1.54, 1.807) is 6.08 Å². The highest BCUT2D eigenvalue weighted by Crippen LogP contribution is 2.68. The molecule has 0 heterocycles. The van der Waals surface area contributed by atoms with Crippen molar-refractivity contribution in [2.45, 2.75) is 124 Å². The molecule has 4 fully saturated rings. The van der Waals surface area contributed by atoms with Crippen LogP contribution in [0.1, 0.15) is 72.1 Å². The van der Waals surface area contributed by atoms with Crippen LogP contribution in [0.2, 0.25) is 39.3 Å². The van der Waals surface area contributed by atoms with E-state index in [1.165, 1.54) is 51.4 Å². The average Bonchev–Trinajstić information content (AvgIpc) is 3.08. The second kappa shape index (κ2) is 9.82. The molecule has 10 atom stereocenters. The molecule has 4 rings (SSSR count). The van der Waals surface area contributed by atoms with E-state index < -0.39 is 16.6 Å². The lowest BCUT2D eigenvalue weighted by Crippen LogP contribution is -2.60. The third-order valence-corrected chi connectivity index (χ3v) is 12.9. The summed E-state index contributed by atoms with van der Waals surface area (Å²) in [4.78, 5) is 11.0. The van der Waals surface area contributed by atoms with Crippen molar-refractivity contribution in [3.63, 3.8) is 0 Å². The van der Waals surface area contributed by atoms with Gasteiger partial charge in [-0.25, -0.2) is 0 Å². The van der Waals surface area contributed by atoms with Crippen LogP contribution in [0, 0.1) is 46.3 Å². The van der Waals surface area contributed by atoms with E-state index >= 15 is 0 Å². The maximum Gasteiger partial charge on any atom is 0.184 e. The fraction of sp³-hybridized carbons (Fsp3) is 0.900. The molecule has 3 nitrogen and oxygen atoms in total. The molecule has 0 amide bonds. The van der Waals surface area contributed by atoms with Crippen LogP contribution in [0.5, 0.6) is 0 Å². The molecule has 5 heteroatoms. The molecular weight excluding hydrogens is 464 g/mol. The van der Waals surface area contributed by atoms with Crippen molar-refractivity contribution in [3.8, 4) is 0 Å². The molecule has 0 aromatic carbocycles. The van der Waals surface area contributed by atoms with Gasteiger partial charge in [-0.1, -0.05) is 26.8 Å². The van der Waals surface area contributed by atoms with Crippen LogP contribution in [0.4, 0.5) is 0 Å². The van der Waals surface area contributed by atoms with E-state index in [9.17, 15) is 4.79 Å². The number of aldehydes is 1. The van der Waals surface area contributed by atoms with Crippen molar-refractivity contribution < 1.29 is 13.6 Å². The molecule has 0 radical (unpaired) electrons. The standard InChI is InChI=1S/C30H54O3Si2/c1-21(11-10-18-31)24-12-13-25-23-20-28(33-35(7,8)9)27-19-22(32-34(4,5)6)14-16-30(27,3)26(23)15-17-29(24,25)2/h10-11,18,21-28H,12-17,19-20H2,1-9H3/t21-,22-,23+,24-,25+,26+,27?,28+,29-,30-/m1/s1. The van der Waals surface area contributed by atoms with Crippen LogP contribution < -0.4 is 0 Å². The second-order valence-corrected chi connectivity index (χ2v) is 24.1. The van der Waals surface area contributed by atoms with Gasteiger partial charge in [-0.15, -0.1) is 0 Å². The van der Waals surface area contributed by atoms with Crippen LogP contribution in [0.15, 0.2) is 12.2 Å². The molecule has 4 aliphatic rings. The molecule has 0 saturated heterocycles. The maximum absolute atomic E-state index is 11.0. The van der Waals surface area contributed by atoms with Crippen molar-refractivity contribution >= 4 is 22.9 Å². The Hall–Kier alpha value is -0.236. The number of carbonyl (C=O) groups is 1. The quantitative estimate of drug-likeness (QED) is 0.194. The first kappa shape index (κ1) is 27.8. The summed E-state index contributed by atoms with van der Waals surface area (Å²) in [6, 6.07) is 0. The van der Waals surface area contributed by atoms with E-state index in [1.807, 2.05) is 0 Å². The number of hydrogen-bond donors (Lipinski definition) is 0. The predicted molar refractivity (Wildman–Crippen MR) is 151 cm³/mol. The van der Waals surface area contributed by atoms with Crippen molar-refractivity contribution in [2.75, 3.05) is 0 Å². The zero-order valence-electron chi connectivity index (χ0n) is 24.2. The molecule has 35 heavy (non-hydrogen) atoms. The normalized spacial score (nSPS) is 45.0. The molecule has 0 aromatic rings. The molecule has 200 valence electrons. The van der Waals surface area contributed by atoms with E-state index in [0.717, 1.165) is 24.0 Å². The Morgan fingerprint density at radius 2 is 1.43 bits per heavy atom. The van der Waals surface area contributed by atoms with Crippen LogP contribution in [-0.2, 0) is 13.6 Å². The summed E-state index contributed by atoms with van der Waals surface area (Å²) < 4.78 is 13.8. The van der Waals surface area contributed by atoms with Crippen molar-refractivity contribution in [1.29, 1.82) is 0 Å². The number of carbonyl (C=O) groups excluding carboxylic acids is 1. The minimum absolute atomic E-state index is 0.384.